The van der Waals surface area contributed by atoms with Crippen molar-refractivity contribution >= 4 is 17.9 Å². The van der Waals surface area contributed by atoms with Crippen LogP contribution in [0.2, 0.25) is 0 Å². The number of carbonyl (C=O) groups is 3. The minimum Gasteiger partial charge on any atom is -0.619 e. The normalized spacial score (nSPS) is 14.8. The van der Waals surface area contributed by atoms with Gasteiger partial charge in [-0.05, 0) is 12.8 Å². The minimum absolute atomic E-state index is 0.0854. The third kappa shape index (κ3) is 5.57. The standard InChI is InChI=1S/C15H19N3O5/c19-13(17-15(21)16-12-4-2-1-3-5-12)10-23-14(20)11-6-8-18(22)9-7-11/h6-9,12H,1-5,10H2,(H2,16,17,19,21). The maximum absolute atomic E-state index is 11.7. The molecule has 2 rings (SSSR count). The Hall–Kier alpha value is -2.64. The molecule has 1 aromatic rings. The summed E-state index contributed by atoms with van der Waals surface area (Å²) < 4.78 is 5.31. The van der Waals surface area contributed by atoms with Crippen molar-refractivity contribution in [1.29, 1.82) is 0 Å². The molecule has 3 amide bonds. The molecule has 23 heavy (non-hydrogen) atoms. The van der Waals surface area contributed by atoms with Crippen LogP contribution in [0.5, 0.6) is 0 Å². The predicted molar refractivity (Wildman–Crippen MR) is 79.2 cm³/mol. The number of nitrogens with one attached hydrogen (secondary N) is 2. The van der Waals surface area contributed by atoms with Gasteiger partial charge >= 0.3 is 12.0 Å². The number of esters is 1. The summed E-state index contributed by atoms with van der Waals surface area (Å²) in [5, 5.41) is 15.7. The van der Waals surface area contributed by atoms with Gasteiger partial charge in [0, 0.05) is 18.2 Å². The smallest absolute Gasteiger partial charge is 0.339 e. The predicted octanol–water partition coefficient (Wildman–Crippen LogP) is 0.635. The van der Waals surface area contributed by atoms with Gasteiger partial charge in [-0.1, -0.05) is 19.3 Å². The molecule has 1 saturated carbocycles. The highest BCUT2D eigenvalue weighted by molar-refractivity contribution is 5.97. The lowest BCUT2D eigenvalue weighted by Crippen LogP contribution is -2.46. The van der Waals surface area contributed by atoms with E-state index in [1.165, 1.54) is 18.6 Å². The largest absolute Gasteiger partial charge is 0.619 e. The molecule has 8 nitrogen and oxygen atoms in total. The Morgan fingerprint density at radius 1 is 1.17 bits per heavy atom. The number of rotatable bonds is 4. The molecule has 8 heteroatoms. The van der Waals surface area contributed by atoms with E-state index in [-0.39, 0.29) is 11.6 Å². The Kier molecular flexibility index (Phi) is 5.90. The van der Waals surface area contributed by atoms with Crippen LogP contribution in [0.1, 0.15) is 42.5 Å². The van der Waals surface area contributed by atoms with E-state index in [1.54, 1.807) is 0 Å². The summed E-state index contributed by atoms with van der Waals surface area (Å²) in [6.07, 6.45) is 7.41. The average Bonchev–Trinajstić information content (AvgIpc) is 2.54. The lowest BCUT2D eigenvalue weighted by atomic mass is 9.96. The highest BCUT2D eigenvalue weighted by atomic mass is 16.5. The van der Waals surface area contributed by atoms with Crippen LogP contribution in [0.3, 0.4) is 0 Å². The summed E-state index contributed by atoms with van der Waals surface area (Å²) >= 11 is 0. The first kappa shape index (κ1) is 16.7. The molecule has 0 unspecified atom stereocenters. The maximum atomic E-state index is 11.7. The van der Waals surface area contributed by atoms with E-state index < -0.39 is 24.5 Å². The number of imide groups is 1. The fourth-order valence-corrected chi connectivity index (χ4v) is 2.39. The molecule has 1 aromatic heterocycles. The van der Waals surface area contributed by atoms with Gasteiger partial charge in [0.25, 0.3) is 5.91 Å². The van der Waals surface area contributed by atoms with Gasteiger partial charge in [-0.15, -0.1) is 0 Å². The average molecular weight is 321 g/mol. The molecule has 0 atom stereocenters. The number of pyridine rings is 1. The van der Waals surface area contributed by atoms with Gasteiger partial charge in [-0.2, -0.15) is 4.73 Å². The molecular weight excluding hydrogens is 302 g/mol. The fraction of sp³-hybridized carbons (Fsp3) is 0.467. The number of hydrogen-bond donors (Lipinski definition) is 2. The Bertz CT molecular complexity index is 567. The van der Waals surface area contributed by atoms with Crippen LogP contribution in [0, 0.1) is 5.21 Å². The quantitative estimate of drug-likeness (QED) is 0.480. The molecular formula is C15H19N3O5. The highest BCUT2D eigenvalue weighted by Gasteiger charge is 2.18. The monoisotopic (exact) mass is 321 g/mol. The number of urea groups is 1. The number of amides is 3. The summed E-state index contributed by atoms with van der Waals surface area (Å²) in [5.74, 6) is -1.45. The van der Waals surface area contributed by atoms with Crippen LogP contribution < -0.4 is 15.4 Å². The van der Waals surface area contributed by atoms with Gasteiger partial charge in [0.1, 0.15) is 0 Å². The van der Waals surface area contributed by atoms with Gasteiger partial charge in [0.15, 0.2) is 19.0 Å². The highest BCUT2D eigenvalue weighted by Crippen LogP contribution is 2.17. The van der Waals surface area contributed by atoms with Crippen LogP contribution >= 0.6 is 0 Å². The fourth-order valence-electron chi connectivity index (χ4n) is 2.39. The summed E-state index contributed by atoms with van der Waals surface area (Å²) in [5.41, 5.74) is 0.150. The van der Waals surface area contributed by atoms with Crippen molar-refractivity contribution < 1.29 is 23.9 Å². The van der Waals surface area contributed by atoms with Crippen LogP contribution in [0.4, 0.5) is 4.79 Å². The Balaban J connectivity index is 1.70. The van der Waals surface area contributed by atoms with Crippen molar-refractivity contribution in [1.82, 2.24) is 10.6 Å². The first-order valence-electron chi connectivity index (χ1n) is 7.51. The maximum Gasteiger partial charge on any atom is 0.339 e. The van der Waals surface area contributed by atoms with E-state index in [0.717, 1.165) is 38.1 Å². The van der Waals surface area contributed by atoms with E-state index in [4.69, 9.17) is 4.74 Å². The Morgan fingerprint density at radius 3 is 2.48 bits per heavy atom. The van der Waals surface area contributed by atoms with Crippen LogP contribution in [0.15, 0.2) is 24.5 Å². The third-order valence-electron chi connectivity index (χ3n) is 3.57. The van der Waals surface area contributed by atoms with Crippen molar-refractivity contribution in [3.63, 3.8) is 0 Å². The van der Waals surface area contributed by atoms with Gasteiger partial charge in [0.05, 0.1) is 5.56 Å². The van der Waals surface area contributed by atoms with Crippen molar-refractivity contribution in [3.8, 4) is 0 Å². The van der Waals surface area contributed by atoms with Crippen molar-refractivity contribution in [2.45, 2.75) is 38.1 Å². The second-order valence-electron chi connectivity index (χ2n) is 5.38. The van der Waals surface area contributed by atoms with Gasteiger partial charge < -0.3 is 15.3 Å². The summed E-state index contributed by atoms with van der Waals surface area (Å²) in [6.45, 7) is -0.566. The van der Waals surface area contributed by atoms with Gasteiger partial charge in [-0.3, -0.25) is 10.1 Å². The Morgan fingerprint density at radius 2 is 1.83 bits per heavy atom. The molecule has 1 fully saturated rings. The second-order valence-corrected chi connectivity index (χ2v) is 5.38. The number of aromatic nitrogens is 1. The number of ether oxygens (including phenoxy) is 1. The zero-order chi connectivity index (χ0) is 16.7. The molecule has 0 aromatic carbocycles. The summed E-state index contributed by atoms with van der Waals surface area (Å²) in [6, 6.07) is 2.07. The molecule has 0 bridgehead atoms. The topological polar surface area (TPSA) is 111 Å². The SMILES string of the molecule is O=C(COC(=O)c1cc[n+]([O-])cc1)NC(=O)NC1CCCCC1. The molecule has 2 N–H and O–H groups in total. The van der Waals surface area contributed by atoms with E-state index in [0.29, 0.717) is 4.73 Å². The molecule has 0 spiro atoms. The van der Waals surface area contributed by atoms with Crippen molar-refractivity contribution in [3.05, 3.63) is 35.3 Å². The molecule has 0 radical (unpaired) electrons. The number of hydrogen-bond acceptors (Lipinski definition) is 5. The van der Waals surface area contributed by atoms with Crippen LogP contribution in [-0.2, 0) is 9.53 Å². The minimum atomic E-state index is -0.742. The zero-order valence-corrected chi connectivity index (χ0v) is 12.6. The lowest BCUT2D eigenvalue weighted by molar-refractivity contribution is -0.605. The summed E-state index contributed by atoms with van der Waals surface area (Å²) in [4.78, 5) is 34.9. The molecule has 1 aliphatic carbocycles. The van der Waals surface area contributed by atoms with E-state index in [2.05, 4.69) is 10.6 Å². The van der Waals surface area contributed by atoms with Crippen molar-refractivity contribution in [2.75, 3.05) is 6.61 Å². The van der Waals surface area contributed by atoms with Crippen molar-refractivity contribution in [2.24, 2.45) is 0 Å². The molecule has 0 saturated heterocycles. The van der Waals surface area contributed by atoms with Gasteiger partial charge in [0.2, 0.25) is 0 Å². The first-order valence-corrected chi connectivity index (χ1v) is 7.51. The molecule has 1 heterocycles. The zero-order valence-electron chi connectivity index (χ0n) is 12.6. The van der Waals surface area contributed by atoms with Gasteiger partial charge in [-0.25, -0.2) is 9.59 Å². The number of nitrogens with zero attached hydrogens (tertiary/aromatic N) is 1. The molecule has 1 aliphatic rings. The third-order valence-corrected chi connectivity index (χ3v) is 3.57. The van der Waals surface area contributed by atoms with E-state index >= 15 is 0 Å². The molecule has 0 aliphatic heterocycles. The van der Waals surface area contributed by atoms with Crippen LogP contribution in [0.25, 0.3) is 0 Å². The summed E-state index contributed by atoms with van der Waals surface area (Å²) in [7, 11) is 0. The van der Waals surface area contributed by atoms with E-state index in [1.807, 2.05) is 0 Å². The second kappa shape index (κ2) is 8.11. The molecule has 124 valence electrons. The number of carbonyl (C=O) groups excluding carboxylic acids is 3. The first-order chi connectivity index (χ1) is 11.0. The van der Waals surface area contributed by atoms with Crippen LogP contribution in [-0.4, -0.2) is 30.6 Å². The lowest BCUT2D eigenvalue weighted by Gasteiger charge is -2.22. The van der Waals surface area contributed by atoms with E-state index in [9.17, 15) is 19.6 Å². The Labute approximate surface area is 133 Å².